The molecule has 138 valence electrons. The molecule has 1 aromatic rings. The number of benzene rings is 1. The van der Waals surface area contributed by atoms with E-state index in [1.807, 2.05) is 13.8 Å². The van der Waals surface area contributed by atoms with Crippen molar-refractivity contribution in [1.82, 2.24) is 0 Å². The maximum absolute atomic E-state index is 12.1. The average molecular weight is 405 g/mol. The molecule has 0 fully saturated rings. The lowest BCUT2D eigenvalue weighted by Crippen LogP contribution is -2.30. The first-order valence-electron chi connectivity index (χ1n) is 7.13. The fraction of sp³-hybridized carbons (Fsp3) is 0.533. The Labute approximate surface area is 154 Å². The molecule has 1 aromatic carbocycles. The van der Waals surface area contributed by atoms with Crippen LogP contribution >= 0.6 is 35.0 Å². The largest absolute Gasteiger partial charge is 0.397 e. The van der Waals surface area contributed by atoms with Crippen molar-refractivity contribution < 1.29 is 18.3 Å². The Morgan fingerprint density at radius 2 is 1.75 bits per heavy atom. The lowest BCUT2D eigenvalue weighted by Gasteiger charge is -2.18. The Kier molecular flexibility index (Phi) is 10.1. The molecule has 3 nitrogen and oxygen atoms in total. The van der Waals surface area contributed by atoms with Crippen LogP contribution in [0, 0.1) is 0 Å². The quantitative estimate of drug-likeness (QED) is 0.587. The van der Waals surface area contributed by atoms with E-state index in [0.717, 1.165) is 0 Å². The van der Waals surface area contributed by atoms with Gasteiger partial charge in [-0.05, 0) is 19.1 Å². The van der Waals surface area contributed by atoms with Crippen molar-refractivity contribution in [2.24, 2.45) is 4.99 Å². The summed E-state index contributed by atoms with van der Waals surface area (Å²) < 4.78 is 36.3. The average Bonchev–Trinajstić information content (AvgIpc) is 2.48. The fourth-order valence-electron chi connectivity index (χ4n) is 1.46. The summed E-state index contributed by atoms with van der Waals surface area (Å²) >= 11 is 12.4. The van der Waals surface area contributed by atoms with Crippen LogP contribution in [0.1, 0.15) is 20.8 Å². The fourth-order valence-corrected chi connectivity index (χ4v) is 2.61. The van der Waals surface area contributed by atoms with E-state index in [1.54, 1.807) is 13.1 Å². The topological polar surface area (TPSA) is 44.6 Å². The summed E-state index contributed by atoms with van der Waals surface area (Å²) in [6.45, 7) is 5.39. The second-order valence-corrected chi connectivity index (χ2v) is 6.56. The number of anilines is 1. The van der Waals surface area contributed by atoms with E-state index < -0.39 is 17.5 Å². The smallest absolute Gasteiger partial charge is 0.386 e. The van der Waals surface area contributed by atoms with Gasteiger partial charge in [0.15, 0.2) is 0 Å². The predicted molar refractivity (Wildman–Crippen MR) is 99.5 cm³/mol. The number of hydrogen-bond acceptors (Lipinski definition) is 4. The Bertz CT molecular complexity index is 552. The van der Waals surface area contributed by atoms with Crippen LogP contribution in [-0.2, 0) is 0 Å². The molecule has 9 heteroatoms. The number of alkyl halides is 3. The van der Waals surface area contributed by atoms with Crippen LogP contribution in [0.3, 0.4) is 0 Å². The molecule has 0 amide bonds. The van der Waals surface area contributed by atoms with E-state index in [1.165, 1.54) is 19.2 Å². The second kappa shape index (κ2) is 10.4. The van der Waals surface area contributed by atoms with Crippen LogP contribution in [0.5, 0.6) is 0 Å². The van der Waals surface area contributed by atoms with Gasteiger partial charge in [-0.25, -0.2) is 0 Å². The third-order valence-corrected chi connectivity index (χ3v) is 4.49. The Balaban J connectivity index is 0.00000254. The number of rotatable bonds is 6. The molecule has 0 bridgehead atoms. The van der Waals surface area contributed by atoms with Gasteiger partial charge in [0.2, 0.25) is 0 Å². The highest BCUT2D eigenvalue weighted by atomic mass is 35.5. The standard InChI is InChI=1S/C13H15Cl2F3N2OS.C2H6/c1-12(21,6-22-7-13(16,17)18)5-20-11-4-9(15)8(14)3-10(11)19-2;1-2/h3-5,19,21H,6-7H2,1-2H3;1-2H3. The minimum absolute atomic E-state index is 0.133. The zero-order valence-corrected chi connectivity index (χ0v) is 16.2. The highest BCUT2D eigenvalue weighted by Gasteiger charge is 2.29. The van der Waals surface area contributed by atoms with Gasteiger partial charge in [-0.3, -0.25) is 4.99 Å². The van der Waals surface area contributed by atoms with Crippen LogP contribution in [0.4, 0.5) is 24.5 Å². The number of hydrogen-bond donors (Lipinski definition) is 2. The van der Waals surface area contributed by atoms with Gasteiger partial charge in [-0.15, -0.1) is 11.8 Å². The number of nitrogens with one attached hydrogen (secondary N) is 1. The Morgan fingerprint density at radius 1 is 1.21 bits per heavy atom. The normalized spacial score (nSPS) is 14.1. The van der Waals surface area contributed by atoms with Crippen LogP contribution < -0.4 is 5.32 Å². The van der Waals surface area contributed by atoms with Crippen LogP contribution in [0.15, 0.2) is 17.1 Å². The van der Waals surface area contributed by atoms with Crippen molar-refractivity contribution in [3.63, 3.8) is 0 Å². The maximum Gasteiger partial charge on any atom is 0.397 e. The summed E-state index contributed by atoms with van der Waals surface area (Å²) in [5.74, 6) is -1.16. The van der Waals surface area contributed by atoms with Crippen LogP contribution in [0.25, 0.3) is 0 Å². The van der Waals surface area contributed by atoms with E-state index in [0.29, 0.717) is 33.2 Å². The summed E-state index contributed by atoms with van der Waals surface area (Å²) in [6, 6.07) is 3.08. The molecule has 0 aromatic heterocycles. The summed E-state index contributed by atoms with van der Waals surface area (Å²) in [4.78, 5) is 4.09. The lowest BCUT2D eigenvalue weighted by atomic mass is 10.1. The minimum atomic E-state index is -4.26. The number of aliphatic imine (C=N–C) groups is 1. The maximum atomic E-state index is 12.1. The Morgan fingerprint density at radius 3 is 2.25 bits per heavy atom. The van der Waals surface area contributed by atoms with E-state index >= 15 is 0 Å². The number of halogens is 5. The van der Waals surface area contributed by atoms with Gasteiger partial charge in [0.1, 0.15) is 5.60 Å². The van der Waals surface area contributed by atoms with Gasteiger partial charge in [-0.2, -0.15) is 13.2 Å². The molecule has 0 heterocycles. The number of aliphatic hydroxyl groups is 1. The van der Waals surface area contributed by atoms with Crippen molar-refractivity contribution in [1.29, 1.82) is 0 Å². The molecule has 0 spiro atoms. The zero-order valence-electron chi connectivity index (χ0n) is 13.8. The van der Waals surface area contributed by atoms with Gasteiger partial charge in [-0.1, -0.05) is 37.0 Å². The zero-order chi connectivity index (χ0) is 19.0. The van der Waals surface area contributed by atoms with E-state index in [2.05, 4.69) is 10.3 Å². The number of thioether (sulfide) groups is 1. The van der Waals surface area contributed by atoms with Gasteiger partial charge >= 0.3 is 6.18 Å². The molecule has 1 rings (SSSR count). The van der Waals surface area contributed by atoms with Gasteiger partial charge in [0, 0.05) is 19.0 Å². The Hall–Kier alpha value is -0.630. The highest BCUT2D eigenvalue weighted by molar-refractivity contribution is 7.99. The lowest BCUT2D eigenvalue weighted by molar-refractivity contribution is -0.105. The minimum Gasteiger partial charge on any atom is -0.386 e. The predicted octanol–water partition coefficient (Wildman–Crippen LogP) is 5.81. The molecule has 0 saturated heterocycles. The molecule has 0 aliphatic heterocycles. The first-order valence-corrected chi connectivity index (χ1v) is 9.04. The SMILES string of the molecule is CC.CNc1cc(Cl)c(Cl)cc1N=CC(C)(O)CSCC(F)(F)F. The van der Waals surface area contributed by atoms with E-state index in [9.17, 15) is 18.3 Å². The van der Waals surface area contributed by atoms with Crippen molar-refractivity contribution in [2.75, 3.05) is 23.9 Å². The summed E-state index contributed by atoms with van der Waals surface area (Å²) in [6.07, 6.45) is -3.07. The molecule has 0 radical (unpaired) electrons. The molecule has 24 heavy (non-hydrogen) atoms. The van der Waals surface area contributed by atoms with Gasteiger partial charge in [0.25, 0.3) is 0 Å². The highest BCUT2D eigenvalue weighted by Crippen LogP contribution is 2.34. The summed E-state index contributed by atoms with van der Waals surface area (Å²) in [7, 11) is 1.66. The third-order valence-electron chi connectivity index (χ3n) is 2.45. The number of nitrogens with zero attached hydrogens (tertiary/aromatic N) is 1. The molecule has 1 unspecified atom stereocenters. The van der Waals surface area contributed by atoms with Crippen LogP contribution in [0.2, 0.25) is 10.0 Å². The molecule has 1 atom stereocenters. The summed E-state index contributed by atoms with van der Waals surface area (Å²) in [5, 5.41) is 13.5. The summed E-state index contributed by atoms with van der Waals surface area (Å²) in [5.41, 5.74) is -0.463. The van der Waals surface area contributed by atoms with Crippen LogP contribution in [-0.4, -0.2) is 41.7 Å². The van der Waals surface area contributed by atoms with Crippen molar-refractivity contribution in [3.8, 4) is 0 Å². The molecular formula is C15H21Cl2F3N2OS. The first kappa shape index (κ1) is 23.4. The molecular weight excluding hydrogens is 384 g/mol. The molecule has 0 saturated carbocycles. The van der Waals surface area contributed by atoms with E-state index in [4.69, 9.17) is 23.2 Å². The monoisotopic (exact) mass is 404 g/mol. The molecule has 2 N–H and O–H groups in total. The van der Waals surface area contributed by atoms with Gasteiger partial charge < -0.3 is 10.4 Å². The van der Waals surface area contributed by atoms with E-state index in [-0.39, 0.29) is 5.75 Å². The molecule has 0 aliphatic carbocycles. The van der Waals surface area contributed by atoms with Gasteiger partial charge in [0.05, 0.1) is 27.2 Å². The molecule has 0 aliphatic rings. The van der Waals surface area contributed by atoms with Crippen molar-refractivity contribution in [2.45, 2.75) is 32.5 Å². The van der Waals surface area contributed by atoms with Crippen molar-refractivity contribution in [3.05, 3.63) is 22.2 Å². The van der Waals surface area contributed by atoms with Crippen molar-refractivity contribution >= 4 is 52.6 Å². The first-order chi connectivity index (χ1) is 11.0. The second-order valence-electron chi connectivity index (χ2n) is 4.76. The third kappa shape index (κ3) is 9.01.